The standard InChI is InChI=1S/C15H17N/c1-11-6-4-9-15(12(11)2)13-7-5-8-14(10-13)16-3/h4-10,16H,1-3H3. The fourth-order valence-corrected chi connectivity index (χ4v) is 1.91. The van der Waals surface area contributed by atoms with Gasteiger partial charge >= 0.3 is 0 Å². The number of hydrogen-bond donors (Lipinski definition) is 1. The molecule has 0 amide bonds. The fourth-order valence-electron chi connectivity index (χ4n) is 1.91. The Morgan fingerprint density at radius 1 is 0.938 bits per heavy atom. The summed E-state index contributed by atoms with van der Waals surface area (Å²) in [6.07, 6.45) is 0. The first-order valence-corrected chi connectivity index (χ1v) is 5.57. The van der Waals surface area contributed by atoms with Crippen molar-refractivity contribution in [2.45, 2.75) is 13.8 Å². The molecule has 16 heavy (non-hydrogen) atoms. The molecule has 1 nitrogen and oxygen atoms in total. The van der Waals surface area contributed by atoms with E-state index in [1.54, 1.807) is 0 Å². The van der Waals surface area contributed by atoms with Gasteiger partial charge in [0, 0.05) is 12.7 Å². The first-order chi connectivity index (χ1) is 7.72. The number of hydrogen-bond acceptors (Lipinski definition) is 1. The largest absolute Gasteiger partial charge is 0.388 e. The van der Waals surface area contributed by atoms with Gasteiger partial charge in [0.1, 0.15) is 0 Å². The second kappa shape index (κ2) is 4.40. The molecule has 0 aliphatic carbocycles. The van der Waals surface area contributed by atoms with Crippen LogP contribution in [0.5, 0.6) is 0 Å². The number of aryl methyl sites for hydroxylation is 1. The van der Waals surface area contributed by atoms with Crippen LogP contribution in [-0.4, -0.2) is 7.05 Å². The molecular weight excluding hydrogens is 194 g/mol. The monoisotopic (exact) mass is 211 g/mol. The lowest BCUT2D eigenvalue weighted by molar-refractivity contribution is 1.34. The molecule has 0 spiro atoms. The van der Waals surface area contributed by atoms with Crippen molar-refractivity contribution in [2.75, 3.05) is 12.4 Å². The normalized spacial score (nSPS) is 10.2. The summed E-state index contributed by atoms with van der Waals surface area (Å²) in [6.45, 7) is 4.33. The van der Waals surface area contributed by atoms with Gasteiger partial charge in [-0.2, -0.15) is 0 Å². The molecule has 2 rings (SSSR count). The van der Waals surface area contributed by atoms with E-state index in [1.165, 1.54) is 22.3 Å². The number of anilines is 1. The van der Waals surface area contributed by atoms with Crippen LogP contribution >= 0.6 is 0 Å². The highest BCUT2D eigenvalue weighted by atomic mass is 14.8. The molecule has 2 aromatic carbocycles. The van der Waals surface area contributed by atoms with Crippen LogP contribution in [-0.2, 0) is 0 Å². The Kier molecular flexibility index (Phi) is 2.95. The van der Waals surface area contributed by atoms with Gasteiger partial charge in [-0.25, -0.2) is 0 Å². The third-order valence-electron chi connectivity index (χ3n) is 3.07. The lowest BCUT2D eigenvalue weighted by Gasteiger charge is -2.10. The molecule has 2 aromatic rings. The summed E-state index contributed by atoms with van der Waals surface area (Å²) in [7, 11) is 1.95. The van der Waals surface area contributed by atoms with Crippen molar-refractivity contribution in [3.05, 3.63) is 53.6 Å². The molecule has 0 aromatic heterocycles. The van der Waals surface area contributed by atoms with E-state index < -0.39 is 0 Å². The van der Waals surface area contributed by atoms with E-state index in [0.29, 0.717) is 0 Å². The summed E-state index contributed by atoms with van der Waals surface area (Å²) >= 11 is 0. The van der Waals surface area contributed by atoms with E-state index in [1.807, 2.05) is 7.05 Å². The Balaban J connectivity index is 2.54. The average molecular weight is 211 g/mol. The lowest BCUT2D eigenvalue weighted by Crippen LogP contribution is -1.90. The quantitative estimate of drug-likeness (QED) is 0.791. The molecule has 0 atom stereocenters. The fraction of sp³-hybridized carbons (Fsp3) is 0.200. The maximum absolute atomic E-state index is 3.17. The number of benzene rings is 2. The molecule has 0 bridgehead atoms. The molecule has 0 aliphatic heterocycles. The second-order valence-corrected chi connectivity index (χ2v) is 4.08. The maximum atomic E-state index is 3.17. The zero-order chi connectivity index (χ0) is 11.5. The summed E-state index contributed by atoms with van der Waals surface area (Å²) in [5.74, 6) is 0. The van der Waals surface area contributed by atoms with Crippen molar-refractivity contribution in [3.8, 4) is 11.1 Å². The van der Waals surface area contributed by atoms with Crippen molar-refractivity contribution in [1.29, 1.82) is 0 Å². The smallest absolute Gasteiger partial charge is 0.0343 e. The summed E-state index contributed by atoms with van der Waals surface area (Å²) < 4.78 is 0. The summed E-state index contributed by atoms with van der Waals surface area (Å²) in [5, 5.41) is 3.17. The zero-order valence-corrected chi connectivity index (χ0v) is 10.0. The molecule has 0 fully saturated rings. The predicted octanol–water partition coefficient (Wildman–Crippen LogP) is 4.01. The Bertz CT molecular complexity index is 501. The van der Waals surface area contributed by atoms with Gasteiger partial charge in [0.25, 0.3) is 0 Å². The van der Waals surface area contributed by atoms with E-state index >= 15 is 0 Å². The SMILES string of the molecule is CNc1cccc(-c2cccc(C)c2C)c1. The first kappa shape index (κ1) is 10.7. The highest BCUT2D eigenvalue weighted by molar-refractivity contribution is 5.71. The molecule has 82 valence electrons. The minimum absolute atomic E-state index is 1.15. The molecule has 0 saturated heterocycles. The van der Waals surface area contributed by atoms with Gasteiger partial charge in [-0.3, -0.25) is 0 Å². The van der Waals surface area contributed by atoms with Gasteiger partial charge < -0.3 is 5.32 Å². The topological polar surface area (TPSA) is 12.0 Å². The van der Waals surface area contributed by atoms with E-state index in [2.05, 4.69) is 61.6 Å². The third kappa shape index (κ3) is 1.94. The van der Waals surface area contributed by atoms with E-state index in [4.69, 9.17) is 0 Å². The Hall–Kier alpha value is -1.76. The second-order valence-electron chi connectivity index (χ2n) is 4.08. The maximum Gasteiger partial charge on any atom is 0.0343 e. The van der Waals surface area contributed by atoms with Crippen LogP contribution in [0.15, 0.2) is 42.5 Å². The molecule has 0 radical (unpaired) electrons. The van der Waals surface area contributed by atoms with Crippen molar-refractivity contribution in [1.82, 2.24) is 0 Å². The van der Waals surface area contributed by atoms with Gasteiger partial charge in [-0.05, 0) is 48.2 Å². The van der Waals surface area contributed by atoms with Crippen LogP contribution in [0.25, 0.3) is 11.1 Å². The van der Waals surface area contributed by atoms with E-state index in [-0.39, 0.29) is 0 Å². The van der Waals surface area contributed by atoms with Crippen molar-refractivity contribution in [3.63, 3.8) is 0 Å². The molecule has 0 unspecified atom stereocenters. The van der Waals surface area contributed by atoms with Crippen LogP contribution in [0.2, 0.25) is 0 Å². The van der Waals surface area contributed by atoms with Gasteiger partial charge in [0.2, 0.25) is 0 Å². The number of rotatable bonds is 2. The van der Waals surface area contributed by atoms with Gasteiger partial charge in [-0.15, -0.1) is 0 Å². The van der Waals surface area contributed by atoms with Gasteiger partial charge in [0.05, 0.1) is 0 Å². The van der Waals surface area contributed by atoms with Crippen molar-refractivity contribution < 1.29 is 0 Å². The summed E-state index contributed by atoms with van der Waals surface area (Å²) in [5.41, 5.74) is 6.44. The zero-order valence-electron chi connectivity index (χ0n) is 10.0. The number of nitrogens with one attached hydrogen (secondary N) is 1. The van der Waals surface area contributed by atoms with E-state index in [9.17, 15) is 0 Å². The van der Waals surface area contributed by atoms with Crippen LogP contribution < -0.4 is 5.32 Å². The Morgan fingerprint density at radius 2 is 1.69 bits per heavy atom. The van der Waals surface area contributed by atoms with Gasteiger partial charge in [-0.1, -0.05) is 30.3 Å². The highest BCUT2D eigenvalue weighted by Gasteiger charge is 2.03. The van der Waals surface area contributed by atoms with Crippen molar-refractivity contribution >= 4 is 5.69 Å². The summed E-state index contributed by atoms with van der Waals surface area (Å²) in [4.78, 5) is 0. The minimum Gasteiger partial charge on any atom is -0.388 e. The van der Waals surface area contributed by atoms with E-state index in [0.717, 1.165) is 5.69 Å². The Morgan fingerprint density at radius 3 is 2.44 bits per heavy atom. The Labute approximate surface area is 97.1 Å². The first-order valence-electron chi connectivity index (χ1n) is 5.57. The molecule has 1 heteroatoms. The third-order valence-corrected chi connectivity index (χ3v) is 3.07. The minimum atomic E-state index is 1.15. The molecule has 0 saturated carbocycles. The van der Waals surface area contributed by atoms with Gasteiger partial charge in [0.15, 0.2) is 0 Å². The summed E-state index contributed by atoms with van der Waals surface area (Å²) in [6, 6.07) is 14.9. The highest BCUT2D eigenvalue weighted by Crippen LogP contribution is 2.27. The molecule has 1 N–H and O–H groups in total. The molecular formula is C15H17N. The predicted molar refractivity (Wildman–Crippen MR) is 70.9 cm³/mol. The van der Waals surface area contributed by atoms with Crippen LogP contribution in [0.4, 0.5) is 5.69 Å². The molecule has 0 aliphatic rings. The van der Waals surface area contributed by atoms with Crippen LogP contribution in [0.1, 0.15) is 11.1 Å². The average Bonchev–Trinajstić information content (AvgIpc) is 2.33. The van der Waals surface area contributed by atoms with Crippen LogP contribution in [0.3, 0.4) is 0 Å². The molecule has 0 heterocycles. The lowest BCUT2D eigenvalue weighted by atomic mass is 9.97. The van der Waals surface area contributed by atoms with Crippen molar-refractivity contribution in [2.24, 2.45) is 0 Å². The van der Waals surface area contributed by atoms with Crippen LogP contribution in [0, 0.1) is 13.8 Å².